The maximum atomic E-state index is 14.7. The van der Waals surface area contributed by atoms with Gasteiger partial charge < -0.3 is 24.6 Å². The van der Waals surface area contributed by atoms with Gasteiger partial charge in [-0.3, -0.25) is 14.4 Å². The van der Waals surface area contributed by atoms with Crippen LogP contribution < -0.4 is 10.1 Å². The van der Waals surface area contributed by atoms with Gasteiger partial charge in [0.1, 0.15) is 0 Å². The maximum Gasteiger partial charge on any atom is 0.305 e. The van der Waals surface area contributed by atoms with Crippen molar-refractivity contribution in [3.05, 3.63) is 106 Å². The molecule has 2 aliphatic heterocycles. The molecule has 0 spiro atoms. The highest BCUT2D eigenvalue weighted by molar-refractivity contribution is 6.03. The number of methoxy groups -OCH3 is 1. The fourth-order valence-electron chi connectivity index (χ4n) is 7.17. The SMILES string of the molecule is COC(=O)CCCC(=O)N1C[C@H]2CC(c3ccc(CCCOc4c(F)ccc(F)c4F)cc3)=C(C(=O)N(CCc3ccc(C)cc3)C3CC3)[C@@H](C1)N2. The number of hydrogen-bond donors (Lipinski definition) is 1. The predicted molar refractivity (Wildman–Crippen MR) is 191 cm³/mol. The molecule has 11 heteroatoms. The lowest BCUT2D eigenvalue weighted by Gasteiger charge is -2.45. The Kier molecular flexibility index (Phi) is 12.0. The quantitative estimate of drug-likeness (QED) is 0.112. The number of rotatable bonds is 15. The van der Waals surface area contributed by atoms with Crippen LogP contribution in [0.4, 0.5) is 13.2 Å². The summed E-state index contributed by atoms with van der Waals surface area (Å²) >= 11 is 0. The molecule has 6 rings (SSSR count). The monoisotopic (exact) mass is 717 g/mol. The number of ether oxygens (including phenoxy) is 2. The first-order chi connectivity index (χ1) is 25.1. The molecule has 0 aromatic heterocycles. The summed E-state index contributed by atoms with van der Waals surface area (Å²) in [6.07, 6.45) is 5.08. The van der Waals surface area contributed by atoms with Gasteiger partial charge in [-0.25, -0.2) is 8.78 Å². The van der Waals surface area contributed by atoms with E-state index in [1.165, 1.54) is 18.2 Å². The number of carbonyl (C=O) groups excluding carboxylic acids is 3. The zero-order valence-corrected chi connectivity index (χ0v) is 29.8. The minimum Gasteiger partial charge on any atom is -0.488 e. The van der Waals surface area contributed by atoms with E-state index in [4.69, 9.17) is 9.47 Å². The fraction of sp³-hybridized carbons (Fsp3) is 0.439. The third-order valence-electron chi connectivity index (χ3n) is 10.2. The van der Waals surface area contributed by atoms with Gasteiger partial charge in [-0.2, -0.15) is 4.39 Å². The zero-order chi connectivity index (χ0) is 36.8. The van der Waals surface area contributed by atoms with Crippen LogP contribution in [0.2, 0.25) is 0 Å². The summed E-state index contributed by atoms with van der Waals surface area (Å²) in [6.45, 7) is 3.52. The average molecular weight is 718 g/mol. The van der Waals surface area contributed by atoms with Crippen molar-refractivity contribution in [1.82, 2.24) is 15.1 Å². The second-order valence-corrected chi connectivity index (χ2v) is 14.0. The largest absolute Gasteiger partial charge is 0.488 e. The van der Waals surface area contributed by atoms with Crippen molar-refractivity contribution >= 4 is 23.4 Å². The number of carbonyl (C=O) groups is 3. The molecule has 2 atom stereocenters. The minimum atomic E-state index is -1.34. The molecule has 3 aromatic carbocycles. The van der Waals surface area contributed by atoms with E-state index in [1.54, 1.807) is 0 Å². The molecule has 2 bridgehead atoms. The number of nitrogens with one attached hydrogen (secondary N) is 1. The summed E-state index contributed by atoms with van der Waals surface area (Å²) in [5.41, 5.74) is 5.96. The second kappa shape index (κ2) is 16.8. The van der Waals surface area contributed by atoms with E-state index in [0.717, 1.165) is 48.1 Å². The van der Waals surface area contributed by atoms with Crippen molar-refractivity contribution in [2.24, 2.45) is 0 Å². The van der Waals surface area contributed by atoms with Gasteiger partial charge in [-0.05, 0) is 86.3 Å². The molecular formula is C41H46F3N3O5. The number of fused-ring (bicyclic) bond motifs is 2. The first kappa shape index (κ1) is 37.1. The normalized spacial score (nSPS) is 18.3. The Morgan fingerprint density at radius 1 is 0.865 bits per heavy atom. The van der Waals surface area contributed by atoms with Crippen LogP contribution in [-0.4, -0.2) is 79.1 Å². The molecule has 52 heavy (non-hydrogen) atoms. The Morgan fingerprint density at radius 3 is 2.27 bits per heavy atom. The van der Waals surface area contributed by atoms with Crippen LogP contribution in [0.3, 0.4) is 0 Å². The molecule has 1 saturated carbocycles. The van der Waals surface area contributed by atoms with Gasteiger partial charge in [0, 0.05) is 50.1 Å². The Labute approximate surface area is 303 Å². The lowest BCUT2D eigenvalue weighted by molar-refractivity contribution is -0.141. The number of esters is 1. The number of nitrogens with zero attached hydrogens (tertiary/aromatic N) is 2. The number of halogens is 3. The first-order valence-electron chi connectivity index (χ1n) is 18.2. The van der Waals surface area contributed by atoms with Crippen molar-refractivity contribution in [3.8, 4) is 5.75 Å². The van der Waals surface area contributed by atoms with Crippen molar-refractivity contribution in [2.75, 3.05) is 33.4 Å². The molecule has 0 radical (unpaired) electrons. The number of piperazine rings is 1. The number of hydrogen-bond acceptors (Lipinski definition) is 6. The van der Waals surface area contributed by atoms with Crippen molar-refractivity contribution in [2.45, 2.75) is 82.8 Å². The van der Waals surface area contributed by atoms with E-state index in [2.05, 4.69) is 36.5 Å². The van der Waals surface area contributed by atoms with Crippen LogP contribution in [0.15, 0.2) is 66.2 Å². The van der Waals surface area contributed by atoms with Crippen LogP contribution in [0.1, 0.15) is 67.2 Å². The van der Waals surface area contributed by atoms with E-state index in [9.17, 15) is 27.6 Å². The van der Waals surface area contributed by atoms with Crippen LogP contribution in [0, 0.1) is 24.4 Å². The predicted octanol–water partition coefficient (Wildman–Crippen LogP) is 6.33. The molecule has 2 fully saturated rings. The van der Waals surface area contributed by atoms with Crippen molar-refractivity contribution in [3.63, 3.8) is 0 Å². The summed E-state index contributed by atoms with van der Waals surface area (Å²) in [7, 11) is 1.34. The van der Waals surface area contributed by atoms with Crippen molar-refractivity contribution < 1.29 is 37.0 Å². The zero-order valence-electron chi connectivity index (χ0n) is 29.8. The fourth-order valence-corrected chi connectivity index (χ4v) is 7.17. The lowest BCUT2D eigenvalue weighted by Crippen LogP contribution is -2.62. The molecule has 8 nitrogen and oxygen atoms in total. The van der Waals surface area contributed by atoms with Gasteiger partial charge in [0.2, 0.25) is 11.7 Å². The van der Waals surface area contributed by atoms with E-state index in [0.29, 0.717) is 50.9 Å². The molecule has 3 aromatic rings. The highest BCUT2D eigenvalue weighted by atomic mass is 19.2. The lowest BCUT2D eigenvalue weighted by atomic mass is 9.82. The van der Waals surface area contributed by atoms with Gasteiger partial charge in [0.05, 0.1) is 19.8 Å². The Hall–Kier alpha value is -4.64. The topological polar surface area (TPSA) is 88.2 Å². The smallest absolute Gasteiger partial charge is 0.305 e. The second-order valence-electron chi connectivity index (χ2n) is 14.0. The molecule has 1 N–H and O–H groups in total. The summed E-state index contributed by atoms with van der Waals surface area (Å²) < 4.78 is 51.4. The summed E-state index contributed by atoms with van der Waals surface area (Å²) in [6, 6.07) is 17.7. The Morgan fingerprint density at radius 2 is 1.56 bits per heavy atom. The summed E-state index contributed by atoms with van der Waals surface area (Å²) in [4.78, 5) is 43.5. The first-order valence-corrected chi connectivity index (χ1v) is 18.2. The molecule has 3 aliphatic rings. The maximum absolute atomic E-state index is 14.7. The Balaban J connectivity index is 1.20. The van der Waals surface area contributed by atoms with Crippen LogP contribution in [0.5, 0.6) is 5.75 Å². The number of aryl methyl sites for hydroxylation is 2. The average Bonchev–Trinajstić information content (AvgIpc) is 3.99. The number of benzene rings is 3. The van der Waals surface area contributed by atoms with Gasteiger partial charge in [0.25, 0.3) is 5.91 Å². The molecule has 1 aliphatic carbocycles. The van der Waals surface area contributed by atoms with E-state index in [1.807, 2.05) is 34.1 Å². The molecule has 2 heterocycles. The number of amides is 2. The molecule has 0 unspecified atom stereocenters. The van der Waals surface area contributed by atoms with E-state index >= 15 is 0 Å². The van der Waals surface area contributed by atoms with E-state index < -0.39 is 23.2 Å². The molecule has 276 valence electrons. The van der Waals surface area contributed by atoms with Crippen LogP contribution in [0.25, 0.3) is 5.57 Å². The Bertz CT molecular complexity index is 1790. The van der Waals surface area contributed by atoms with E-state index in [-0.39, 0.29) is 55.4 Å². The third kappa shape index (κ3) is 9.04. The summed E-state index contributed by atoms with van der Waals surface area (Å²) in [5.74, 6) is -4.54. The highest BCUT2D eigenvalue weighted by Gasteiger charge is 2.43. The van der Waals surface area contributed by atoms with Crippen molar-refractivity contribution in [1.29, 1.82) is 0 Å². The van der Waals surface area contributed by atoms with Gasteiger partial charge in [-0.15, -0.1) is 0 Å². The highest BCUT2D eigenvalue weighted by Crippen LogP contribution is 2.37. The standard InChI is InChI=1S/C41H46F3N3O5/c1-26-8-10-28(11-9-26)20-21-47(31-16-17-31)41(50)38-32(23-30-24-46(25-35(38)45-30)36(48)6-3-7-37(49)51-2)29-14-12-27(13-15-29)5-4-22-52-40-34(43)19-18-33(42)39(40)44/h8-15,18-19,30-31,35,45H,3-7,16-17,20-25H2,1-2H3/t30-,35-/m1/s1. The summed E-state index contributed by atoms with van der Waals surface area (Å²) in [5, 5.41) is 3.65. The molecular weight excluding hydrogens is 671 g/mol. The van der Waals surface area contributed by atoms with Crippen LogP contribution >= 0.6 is 0 Å². The third-order valence-corrected chi connectivity index (χ3v) is 10.2. The van der Waals surface area contributed by atoms with Crippen LogP contribution in [-0.2, 0) is 32.0 Å². The van der Waals surface area contributed by atoms with Gasteiger partial charge >= 0.3 is 5.97 Å². The molecule has 1 saturated heterocycles. The molecule has 2 amide bonds. The van der Waals surface area contributed by atoms with Gasteiger partial charge in [-0.1, -0.05) is 54.1 Å². The minimum absolute atomic E-state index is 0.00131. The van der Waals surface area contributed by atoms with Gasteiger partial charge in [0.15, 0.2) is 17.4 Å².